The highest BCUT2D eigenvalue weighted by molar-refractivity contribution is 5.52. The van der Waals surface area contributed by atoms with Crippen LogP contribution in [0, 0.1) is 0 Å². The molecule has 1 atom stereocenters. The van der Waals surface area contributed by atoms with Crippen LogP contribution in [-0.2, 0) is 0 Å². The molecule has 0 aliphatic rings. The SMILES string of the molecule is CC(=Cc1ccccc1)CNC(C)CCO. The summed E-state index contributed by atoms with van der Waals surface area (Å²) in [4.78, 5) is 0. The first-order valence-corrected chi connectivity index (χ1v) is 5.79. The summed E-state index contributed by atoms with van der Waals surface area (Å²) in [6.07, 6.45) is 2.98. The lowest BCUT2D eigenvalue weighted by molar-refractivity contribution is 0.270. The molecule has 0 saturated carbocycles. The molecule has 88 valence electrons. The second-order valence-electron chi connectivity index (χ2n) is 4.20. The Morgan fingerprint density at radius 3 is 2.69 bits per heavy atom. The third-order valence-electron chi connectivity index (χ3n) is 2.50. The highest BCUT2D eigenvalue weighted by Crippen LogP contribution is 2.05. The van der Waals surface area contributed by atoms with Crippen LogP contribution in [0.25, 0.3) is 6.08 Å². The maximum atomic E-state index is 8.78. The maximum absolute atomic E-state index is 8.78. The standard InChI is InChI=1S/C14H21NO/c1-12(11-15-13(2)8-9-16)10-14-6-4-3-5-7-14/h3-7,10,13,15-16H,8-9,11H2,1-2H3. The Labute approximate surface area is 98.0 Å². The van der Waals surface area contributed by atoms with Gasteiger partial charge in [0.15, 0.2) is 0 Å². The summed E-state index contributed by atoms with van der Waals surface area (Å²) in [5, 5.41) is 12.2. The smallest absolute Gasteiger partial charge is 0.0445 e. The van der Waals surface area contributed by atoms with E-state index >= 15 is 0 Å². The molecule has 0 spiro atoms. The quantitative estimate of drug-likeness (QED) is 0.770. The molecule has 0 aliphatic heterocycles. The minimum absolute atomic E-state index is 0.246. The van der Waals surface area contributed by atoms with Gasteiger partial charge in [-0.05, 0) is 25.8 Å². The van der Waals surface area contributed by atoms with Crippen LogP contribution in [0.4, 0.5) is 0 Å². The van der Waals surface area contributed by atoms with Crippen molar-refractivity contribution in [3.8, 4) is 0 Å². The van der Waals surface area contributed by atoms with E-state index in [0.29, 0.717) is 6.04 Å². The predicted octanol–water partition coefficient (Wildman–Crippen LogP) is 2.45. The number of hydrogen-bond acceptors (Lipinski definition) is 2. The molecule has 2 nitrogen and oxygen atoms in total. The van der Waals surface area contributed by atoms with Crippen molar-refractivity contribution in [1.29, 1.82) is 0 Å². The lowest BCUT2D eigenvalue weighted by Gasteiger charge is -2.12. The highest BCUT2D eigenvalue weighted by Gasteiger charge is 1.99. The van der Waals surface area contributed by atoms with Gasteiger partial charge >= 0.3 is 0 Å². The maximum Gasteiger partial charge on any atom is 0.0445 e. The number of aliphatic hydroxyl groups is 1. The van der Waals surface area contributed by atoms with E-state index in [0.717, 1.165) is 13.0 Å². The molecular weight excluding hydrogens is 198 g/mol. The Morgan fingerprint density at radius 1 is 1.38 bits per heavy atom. The molecule has 2 N–H and O–H groups in total. The Bertz CT molecular complexity index is 319. The fourth-order valence-electron chi connectivity index (χ4n) is 1.52. The van der Waals surface area contributed by atoms with Gasteiger partial charge in [-0.1, -0.05) is 42.0 Å². The fraction of sp³-hybridized carbons (Fsp3) is 0.429. The Hall–Kier alpha value is -1.12. The first kappa shape index (κ1) is 12.9. The van der Waals surface area contributed by atoms with E-state index in [9.17, 15) is 0 Å². The summed E-state index contributed by atoms with van der Waals surface area (Å²) in [6.45, 7) is 5.32. The van der Waals surface area contributed by atoms with Gasteiger partial charge in [-0.25, -0.2) is 0 Å². The van der Waals surface area contributed by atoms with Crippen LogP contribution >= 0.6 is 0 Å². The van der Waals surface area contributed by atoms with Crippen LogP contribution in [-0.4, -0.2) is 24.3 Å². The van der Waals surface area contributed by atoms with Crippen molar-refractivity contribution < 1.29 is 5.11 Å². The molecule has 1 rings (SSSR count). The molecular formula is C14H21NO. The molecule has 1 aromatic carbocycles. The summed E-state index contributed by atoms with van der Waals surface area (Å²) in [7, 11) is 0. The van der Waals surface area contributed by atoms with Crippen molar-refractivity contribution in [2.75, 3.05) is 13.2 Å². The van der Waals surface area contributed by atoms with E-state index in [-0.39, 0.29) is 6.61 Å². The van der Waals surface area contributed by atoms with Crippen LogP contribution < -0.4 is 5.32 Å². The lowest BCUT2D eigenvalue weighted by Crippen LogP contribution is -2.28. The molecule has 0 heterocycles. The molecule has 1 unspecified atom stereocenters. The third kappa shape index (κ3) is 5.10. The lowest BCUT2D eigenvalue weighted by atomic mass is 10.1. The van der Waals surface area contributed by atoms with Crippen molar-refractivity contribution in [1.82, 2.24) is 5.32 Å². The van der Waals surface area contributed by atoms with E-state index < -0.39 is 0 Å². The van der Waals surface area contributed by atoms with Gasteiger partial charge in [0.2, 0.25) is 0 Å². The summed E-state index contributed by atoms with van der Waals surface area (Å²) < 4.78 is 0. The van der Waals surface area contributed by atoms with Gasteiger partial charge in [0.05, 0.1) is 0 Å². The molecule has 0 saturated heterocycles. The van der Waals surface area contributed by atoms with Gasteiger partial charge in [0.25, 0.3) is 0 Å². The molecule has 1 aromatic rings. The Morgan fingerprint density at radius 2 is 2.06 bits per heavy atom. The molecule has 0 amide bonds. The van der Waals surface area contributed by atoms with Gasteiger partial charge in [0, 0.05) is 19.2 Å². The van der Waals surface area contributed by atoms with Gasteiger partial charge in [-0.2, -0.15) is 0 Å². The monoisotopic (exact) mass is 219 g/mol. The average molecular weight is 219 g/mol. The Balaban J connectivity index is 2.40. The predicted molar refractivity (Wildman–Crippen MR) is 69.3 cm³/mol. The number of hydrogen-bond donors (Lipinski definition) is 2. The van der Waals surface area contributed by atoms with Crippen LogP contribution in [0.5, 0.6) is 0 Å². The van der Waals surface area contributed by atoms with Crippen LogP contribution in [0.15, 0.2) is 35.9 Å². The van der Waals surface area contributed by atoms with E-state index in [2.05, 4.69) is 37.4 Å². The summed E-state index contributed by atoms with van der Waals surface area (Å²) in [5.74, 6) is 0. The first-order chi connectivity index (χ1) is 7.72. The van der Waals surface area contributed by atoms with Crippen molar-refractivity contribution >= 4 is 6.08 Å². The minimum Gasteiger partial charge on any atom is -0.396 e. The zero-order valence-corrected chi connectivity index (χ0v) is 10.1. The van der Waals surface area contributed by atoms with Gasteiger partial charge in [-0.15, -0.1) is 0 Å². The molecule has 0 aliphatic carbocycles. The molecule has 0 radical (unpaired) electrons. The summed E-state index contributed by atoms with van der Waals surface area (Å²) >= 11 is 0. The van der Waals surface area contributed by atoms with Crippen LogP contribution in [0.2, 0.25) is 0 Å². The summed E-state index contributed by atoms with van der Waals surface area (Å²) in [5.41, 5.74) is 2.53. The Kier molecular flexibility index (Phi) is 5.83. The van der Waals surface area contributed by atoms with Crippen molar-refractivity contribution in [2.45, 2.75) is 26.3 Å². The van der Waals surface area contributed by atoms with E-state index in [4.69, 9.17) is 5.11 Å². The number of aliphatic hydroxyl groups excluding tert-OH is 1. The molecule has 16 heavy (non-hydrogen) atoms. The average Bonchev–Trinajstić information content (AvgIpc) is 2.28. The number of rotatable bonds is 6. The van der Waals surface area contributed by atoms with E-state index in [1.165, 1.54) is 11.1 Å². The zero-order valence-electron chi connectivity index (χ0n) is 10.1. The van der Waals surface area contributed by atoms with Crippen LogP contribution in [0.1, 0.15) is 25.8 Å². The number of nitrogens with one attached hydrogen (secondary N) is 1. The molecule has 2 heteroatoms. The third-order valence-corrected chi connectivity index (χ3v) is 2.50. The van der Waals surface area contributed by atoms with Gasteiger partial charge in [-0.3, -0.25) is 0 Å². The van der Waals surface area contributed by atoms with Crippen molar-refractivity contribution in [3.63, 3.8) is 0 Å². The van der Waals surface area contributed by atoms with Crippen molar-refractivity contribution in [2.24, 2.45) is 0 Å². The highest BCUT2D eigenvalue weighted by atomic mass is 16.3. The van der Waals surface area contributed by atoms with Gasteiger partial charge in [0.1, 0.15) is 0 Å². The second-order valence-corrected chi connectivity index (χ2v) is 4.20. The molecule has 0 bridgehead atoms. The molecule has 0 fully saturated rings. The first-order valence-electron chi connectivity index (χ1n) is 5.79. The normalized spacial score (nSPS) is 13.8. The van der Waals surface area contributed by atoms with Crippen LogP contribution in [0.3, 0.4) is 0 Å². The van der Waals surface area contributed by atoms with E-state index in [1.54, 1.807) is 0 Å². The summed E-state index contributed by atoms with van der Waals surface area (Å²) in [6, 6.07) is 10.7. The largest absolute Gasteiger partial charge is 0.396 e. The number of benzene rings is 1. The fourth-order valence-corrected chi connectivity index (χ4v) is 1.52. The topological polar surface area (TPSA) is 32.3 Å². The van der Waals surface area contributed by atoms with Crippen molar-refractivity contribution in [3.05, 3.63) is 41.5 Å². The van der Waals surface area contributed by atoms with Gasteiger partial charge < -0.3 is 10.4 Å². The minimum atomic E-state index is 0.246. The zero-order chi connectivity index (χ0) is 11.8. The molecule has 0 aromatic heterocycles. The van der Waals surface area contributed by atoms with E-state index in [1.807, 2.05) is 18.2 Å². The second kappa shape index (κ2) is 7.20.